The van der Waals surface area contributed by atoms with Crippen molar-refractivity contribution in [3.8, 4) is 5.75 Å². The van der Waals surface area contributed by atoms with E-state index in [0.29, 0.717) is 17.2 Å². The van der Waals surface area contributed by atoms with Crippen molar-refractivity contribution in [1.29, 1.82) is 0 Å². The van der Waals surface area contributed by atoms with E-state index in [2.05, 4.69) is 0 Å². The molecule has 3 rings (SSSR count). The number of methoxy groups -OCH3 is 1. The molecule has 0 unspecified atom stereocenters. The van der Waals surface area contributed by atoms with Crippen molar-refractivity contribution in [1.82, 2.24) is 0 Å². The fraction of sp³-hybridized carbons (Fsp3) is 0.533. The van der Waals surface area contributed by atoms with Crippen LogP contribution in [0.3, 0.4) is 0 Å². The van der Waals surface area contributed by atoms with Crippen LogP contribution >= 0.6 is 0 Å². The Morgan fingerprint density at radius 2 is 2.00 bits per heavy atom. The molecule has 2 aliphatic rings. The summed E-state index contributed by atoms with van der Waals surface area (Å²) in [6, 6.07) is 1.89. The lowest BCUT2D eigenvalue weighted by Crippen LogP contribution is -2.24. The standard InChI is InChI=1S/C15H19NO2/c1-9-7-11(18-2)13(16)10-8-15(5-3-4-6-15)14(17)12(9)10/h7H,3-6,8,16H2,1-2H3. The second kappa shape index (κ2) is 3.74. The second-order valence-corrected chi connectivity index (χ2v) is 5.66. The van der Waals surface area contributed by atoms with Gasteiger partial charge in [0.2, 0.25) is 0 Å². The van der Waals surface area contributed by atoms with Gasteiger partial charge in [-0.3, -0.25) is 4.79 Å². The Kier molecular flexibility index (Phi) is 2.40. The van der Waals surface area contributed by atoms with Crippen LogP contribution in [0.25, 0.3) is 0 Å². The highest BCUT2D eigenvalue weighted by Gasteiger charge is 2.48. The van der Waals surface area contributed by atoms with Crippen LogP contribution in [-0.4, -0.2) is 12.9 Å². The molecule has 1 saturated carbocycles. The van der Waals surface area contributed by atoms with Crippen molar-refractivity contribution in [3.05, 3.63) is 22.8 Å². The van der Waals surface area contributed by atoms with E-state index >= 15 is 0 Å². The third-order valence-electron chi connectivity index (χ3n) is 4.64. The van der Waals surface area contributed by atoms with Gasteiger partial charge < -0.3 is 10.5 Å². The molecule has 2 aliphatic carbocycles. The molecule has 0 aliphatic heterocycles. The minimum atomic E-state index is -0.145. The molecule has 0 atom stereocenters. The molecule has 1 aromatic carbocycles. The Morgan fingerprint density at radius 1 is 1.33 bits per heavy atom. The van der Waals surface area contributed by atoms with Gasteiger partial charge in [0, 0.05) is 11.0 Å². The Balaban J connectivity index is 2.17. The van der Waals surface area contributed by atoms with Crippen molar-refractivity contribution in [2.24, 2.45) is 5.41 Å². The summed E-state index contributed by atoms with van der Waals surface area (Å²) in [5, 5.41) is 0. The number of aryl methyl sites for hydroxylation is 1. The molecule has 1 aromatic rings. The number of Topliss-reactive ketones (excluding diaryl/α,β-unsaturated/α-hetero) is 1. The Labute approximate surface area is 107 Å². The van der Waals surface area contributed by atoms with Crippen molar-refractivity contribution in [3.63, 3.8) is 0 Å². The van der Waals surface area contributed by atoms with Gasteiger partial charge in [0.15, 0.2) is 5.78 Å². The first-order chi connectivity index (χ1) is 8.59. The van der Waals surface area contributed by atoms with Gasteiger partial charge in [-0.25, -0.2) is 0 Å². The Bertz CT molecular complexity index is 528. The molecule has 1 spiro atoms. The summed E-state index contributed by atoms with van der Waals surface area (Å²) in [4.78, 5) is 12.7. The van der Waals surface area contributed by atoms with Crippen LogP contribution in [-0.2, 0) is 6.42 Å². The van der Waals surface area contributed by atoms with Crippen molar-refractivity contribution < 1.29 is 9.53 Å². The maximum Gasteiger partial charge on any atom is 0.169 e. The van der Waals surface area contributed by atoms with E-state index in [0.717, 1.165) is 48.8 Å². The zero-order chi connectivity index (χ0) is 12.9. The second-order valence-electron chi connectivity index (χ2n) is 5.66. The van der Waals surface area contributed by atoms with E-state index in [9.17, 15) is 4.79 Å². The molecule has 0 amide bonds. The minimum absolute atomic E-state index is 0.145. The Hall–Kier alpha value is -1.51. The van der Waals surface area contributed by atoms with Crippen LogP contribution in [0.4, 0.5) is 5.69 Å². The van der Waals surface area contributed by atoms with Crippen LogP contribution < -0.4 is 10.5 Å². The summed E-state index contributed by atoms with van der Waals surface area (Å²) >= 11 is 0. The highest BCUT2D eigenvalue weighted by atomic mass is 16.5. The Morgan fingerprint density at radius 3 is 2.61 bits per heavy atom. The van der Waals surface area contributed by atoms with Crippen molar-refractivity contribution in [2.45, 2.75) is 39.0 Å². The van der Waals surface area contributed by atoms with Crippen LogP contribution in [0.5, 0.6) is 5.75 Å². The molecule has 0 bridgehead atoms. The van der Waals surface area contributed by atoms with E-state index in [4.69, 9.17) is 10.5 Å². The highest BCUT2D eigenvalue weighted by Crippen LogP contribution is 2.51. The maximum atomic E-state index is 12.7. The molecule has 0 aromatic heterocycles. The number of ketones is 1. The smallest absolute Gasteiger partial charge is 0.169 e. The largest absolute Gasteiger partial charge is 0.495 e. The topological polar surface area (TPSA) is 52.3 Å². The van der Waals surface area contributed by atoms with E-state index in [1.165, 1.54) is 0 Å². The summed E-state index contributed by atoms with van der Waals surface area (Å²) in [5.74, 6) is 1.02. The fourth-order valence-corrected chi connectivity index (χ4v) is 3.68. The molecule has 96 valence electrons. The van der Waals surface area contributed by atoms with E-state index < -0.39 is 0 Å². The predicted molar refractivity (Wildman–Crippen MR) is 71.1 cm³/mol. The molecule has 1 fully saturated rings. The summed E-state index contributed by atoms with van der Waals surface area (Å²) in [6.45, 7) is 1.98. The number of fused-ring (bicyclic) bond motifs is 1. The van der Waals surface area contributed by atoms with Gasteiger partial charge in [-0.1, -0.05) is 12.8 Å². The summed E-state index contributed by atoms with van der Waals surface area (Å²) < 4.78 is 5.30. The number of nitrogen functional groups attached to an aromatic ring is 1. The average molecular weight is 245 g/mol. The third kappa shape index (κ3) is 1.33. The molecular weight excluding hydrogens is 226 g/mol. The first-order valence-corrected chi connectivity index (χ1v) is 6.60. The van der Waals surface area contributed by atoms with Gasteiger partial charge in [0.05, 0.1) is 12.8 Å². The zero-order valence-electron chi connectivity index (χ0n) is 11.0. The van der Waals surface area contributed by atoms with Gasteiger partial charge in [-0.2, -0.15) is 0 Å². The molecule has 3 nitrogen and oxygen atoms in total. The zero-order valence-corrected chi connectivity index (χ0v) is 11.0. The molecule has 0 radical (unpaired) electrons. The van der Waals surface area contributed by atoms with Gasteiger partial charge in [0.25, 0.3) is 0 Å². The van der Waals surface area contributed by atoms with Crippen LogP contribution in [0.1, 0.15) is 47.2 Å². The molecule has 0 saturated heterocycles. The number of rotatable bonds is 1. The fourth-order valence-electron chi connectivity index (χ4n) is 3.68. The maximum absolute atomic E-state index is 12.7. The number of carbonyl (C=O) groups excluding carboxylic acids is 1. The number of ether oxygens (including phenoxy) is 1. The van der Waals surface area contributed by atoms with Crippen LogP contribution in [0.15, 0.2) is 6.07 Å². The van der Waals surface area contributed by atoms with E-state index in [1.54, 1.807) is 7.11 Å². The minimum Gasteiger partial charge on any atom is -0.495 e. The van der Waals surface area contributed by atoms with Gasteiger partial charge in [0.1, 0.15) is 5.75 Å². The van der Waals surface area contributed by atoms with E-state index in [1.807, 2.05) is 13.0 Å². The monoisotopic (exact) mass is 245 g/mol. The molecule has 2 N–H and O–H groups in total. The third-order valence-corrected chi connectivity index (χ3v) is 4.64. The molecular formula is C15H19NO2. The summed E-state index contributed by atoms with van der Waals surface area (Å²) in [6.07, 6.45) is 5.17. The van der Waals surface area contributed by atoms with Crippen LogP contribution in [0.2, 0.25) is 0 Å². The lowest BCUT2D eigenvalue weighted by molar-refractivity contribution is 0.0826. The first kappa shape index (κ1) is 11.6. The number of benzene rings is 1. The molecule has 0 heterocycles. The van der Waals surface area contributed by atoms with Gasteiger partial charge >= 0.3 is 0 Å². The predicted octanol–water partition coefficient (Wildman–Crippen LogP) is 2.89. The number of carbonyl (C=O) groups is 1. The van der Waals surface area contributed by atoms with Gasteiger partial charge in [-0.15, -0.1) is 0 Å². The first-order valence-electron chi connectivity index (χ1n) is 6.60. The van der Waals surface area contributed by atoms with Gasteiger partial charge in [-0.05, 0) is 43.4 Å². The molecule has 3 heteroatoms. The number of anilines is 1. The lowest BCUT2D eigenvalue weighted by Gasteiger charge is -2.19. The number of hydrogen-bond donors (Lipinski definition) is 1. The highest BCUT2D eigenvalue weighted by molar-refractivity contribution is 6.08. The number of nitrogens with two attached hydrogens (primary N) is 1. The quantitative estimate of drug-likeness (QED) is 0.774. The van der Waals surface area contributed by atoms with E-state index in [-0.39, 0.29) is 5.41 Å². The normalized spacial score (nSPS) is 20.4. The summed E-state index contributed by atoms with van der Waals surface area (Å²) in [5.41, 5.74) is 9.57. The SMILES string of the molecule is COc1cc(C)c2c(c1N)CC1(CCCC1)C2=O. The lowest BCUT2D eigenvalue weighted by atomic mass is 9.82. The molecule has 18 heavy (non-hydrogen) atoms. The van der Waals surface area contributed by atoms with Crippen LogP contribution in [0, 0.1) is 12.3 Å². The van der Waals surface area contributed by atoms with Crippen molar-refractivity contribution in [2.75, 3.05) is 12.8 Å². The van der Waals surface area contributed by atoms with Crippen molar-refractivity contribution >= 4 is 11.5 Å². The summed E-state index contributed by atoms with van der Waals surface area (Å²) in [7, 11) is 1.62. The number of hydrogen-bond acceptors (Lipinski definition) is 3. The average Bonchev–Trinajstić information content (AvgIpc) is 2.93.